The van der Waals surface area contributed by atoms with Crippen molar-refractivity contribution < 1.29 is 0 Å². The Kier molecular flexibility index (Phi) is 3.55. The second-order valence-electron chi connectivity index (χ2n) is 5.73. The van der Waals surface area contributed by atoms with Crippen molar-refractivity contribution in [3.8, 4) is 0 Å². The van der Waals surface area contributed by atoms with E-state index in [1.54, 1.807) is 0 Å². The van der Waals surface area contributed by atoms with Crippen molar-refractivity contribution in [1.29, 1.82) is 0 Å². The lowest BCUT2D eigenvalue weighted by Crippen LogP contribution is -2.41. The van der Waals surface area contributed by atoms with Crippen LogP contribution in [0.5, 0.6) is 0 Å². The first-order chi connectivity index (χ1) is 8.86. The van der Waals surface area contributed by atoms with Gasteiger partial charge in [-0.15, -0.1) is 0 Å². The van der Waals surface area contributed by atoms with Gasteiger partial charge in [0, 0.05) is 24.3 Å². The summed E-state index contributed by atoms with van der Waals surface area (Å²) in [5, 5.41) is 3.68. The second kappa shape index (κ2) is 5.31. The zero-order chi connectivity index (χ0) is 12.4. The summed E-state index contributed by atoms with van der Waals surface area (Å²) in [4.78, 5) is 2.69. The molecule has 2 heteroatoms. The lowest BCUT2D eigenvalue weighted by molar-refractivity contribution is 0.201. The number of rotatable bonds is 4. The molecular weight excluding hydrogens is 220 g/mol. The first kappa shape index (κ1) is 12.0. The molecule has 0 saturated heterocycles. The van der Waals surface area contributed by atoms with Gasteiger partial charge in [0.05, 0.1) is 0 Å². The van der Waals surface area contributed by atoms with E-state index >= 15 is 0 Å². The molecular formula is C16H24N2. The van der Waals surface area contributed by atoms with E-state index in [9.17, 15) is 0 Å². The topological polar surface area (TPSA) is 15.3 Å². The van der Waals surface area contributed by atoms with E-state index in [1.165, 1.54) is 56.4 Å². The second-order valence-corrected chi connectivity index (χ2v) is 5.73. The molecule has 0 bridgehead atoms. The fourth-order valence-electron chi connectivity index (χ4n) is 3.57. The molecule has 0 radical (unpaired) electrons. The molecule has 0 amide bonds. The smallest absolute Gasteiger partial charge is 0.0429 e. The predicted octanol–water partition coefficient (Wildman–Crippen LogP) is 3.29. The number of para-hydroxylation sites is 1. The van der Waals surface area contributed by atoms with Gasteiger partial charge in [-0.25, -0.2) is 0 Å². The van der Waals surface area contributed by atoms with Crippen LogP contribution in [-0.2, 0) is 6.42 Å². The number of nitrogens with zero attached hydrogens (tertiary/aromatic N) is 1. The van der Waals surface area contributed by atoms with Crippen molar-refractivity contribution in [2.45, 2.75) is 51.1 Å². The summed E-state index contributed by atoms with van der Waals surface area (Å²) in [6, 6.07) is 10.2. The molecule has 1 aliphatic heterocycles. The van der Waals surface area contributed by atoms with Gasteiger partial charge in [-0.1, -0.05) is 38.0 Å². The number of nitrogens with one attached hydrogen (secondary N) is 1. The van der Waals surface area contributed by atoms with E-state index in [0.717, 1.165) is 6.04 Å². The van der Waals surface area contributed by atoms with Gasteiger partial charge in [-0.05, 0) is 37.4 Å². The Morgan fingerprint density at radius 1 is 1.22 bits per heavy atom. The van der Waals surface area contributed by atoms with E-state index in [4.69, 9.17) is 0 Å². The molecule has 2 nitrogen and oxygen atoms in total. The molecule has 1 aromatic carbocycles. The maximum absolute atomic E-state index is 3.68. The van der Waals surface area contributed by atoms with Crippen molar-refractivity contribution in [3.63, 3.8) is 0 Å². The van der Waals surface area contributed by atoms with Crippen molar-refractivity contribution in [2.24, 2.45) is 0 Å². The number of hydrogen-bond acceptors (Lipinski definition) is 2. The van der Waals surface area contributed by atoms with E-state index in [2.05, 4.69) is 41.4 Å². The Balaban J connectivity index is 1.60. The highest BCUT2D eigenvalue weighted by molar-refractivity contribution is 5.56. The van der Waals surface area contributed by atoms with Crippen molar-refractivity contribution in [2.75, 3.05) is 18.4 Å². The zero-order valence-corrected chi connectivity index (χ0v) is 11.4. The summed E-state index contributed by atoms with van der Waals surface area (Å²) in [7, 11) is 0. The summed E-state index contributed by atoms with van der Waals surface area (Å²) in [6.07, 6.45) is 6.87. The van der Waals surface area contributed by atoms with E-state index < -0.39 is 0 Å². The van der Waals surface area contributed by atoms with Gasteiger partial charge in [0.15, 0.2) is 0 Å². The minimum Gasteiger partial charge on any atom is -0.380 e. The summed E-state index contributed by atoms with van der Waals surface area (Å²) in [5.74, 6) is 0. The van der Waals surface area contributed by atoms with Crippen LogP contribution in [-0.4, -0.2) is 30.1 Å². The average molecular weight is 244 g/mol. The Morgan fingerprint density at radius 2 is 2.00 bits per heavy atom. The third-order valence-electron chi connectivity index (χ3n) is 4.55. The Hall–Kier alpha value is -1.02. The summed E-state index contributed by atoms with van der Waals surface area (Å²) < 4.78 is 0. The largest absolute Gasteiger partial charge is 0.380 e. The molecule has 2 aliphatic rings. The third-order valence-corrected chi connectivity index (χ3v) is 4.55. The molecule has 1 N–H and O–H groups in total. The molecule has 1 atom stereocenters. The third kappa shape index (κ3) is 2.39. The highest BCUT2D eigenvalue weighted by atomic mass is 15.2. The Labute approximate surface area is 110 Å². The number of benzene rings is 1. The van der Waals surface area contributed by atoms with Crippen molar-refractivity contribution in [1.82, 2.24) is 4.90 Å². The molecule has 1 aromatic rings. The van der Waals surface area contributed by atoms with Crippen LogP contribution in [0.4, 0.5) is 5.69 Å². The van der Waals surface area contributed by atoms with Crippen molar-refractivity contribution >= 4 is 5.69 Å². The van der Waals surface area contributed by atoms with Gasteiger partial charge in [-0.2, -0.15) is 0 Å². The number of fused-ring (bicyclic) bond motifs is 1. The first-order valence-electron chi connectivity index (χ1n) is 7.45. The summed E-state index contributed by atoms with van der Waals surface area (Å²) in [5.41, 5.74) is 2.84. The zero-order valence-electron chi connectivity index (χ0n) is 11.4. The minimum atomic E-state index is 0.614. The van der Waals surface area contributed by atoms with Gasteiger partial charge in [0.2, 0.25) is 0 Å². The molecule has 0 spiro atoms. The predicted molar refractivity (Wildman–Crippen MR) is 77.1 cm³/mol. The fourth-order valence-corrected chi connectivity index (χ4v) is 3.57. The van der Waals surface area contributed by atoms with Gasteiger partial charge < -0.3 is 5.32 Å². The highest BCUT2D eigenvalue weighted by Gasteiger charge is 2.26. The normalized spacial score (nSPS) is 23.3. The van der Waals surface area contributed by atoms with E-state index in [-0.39, 0.29) is 0 Å². The quantitative estimate of drug-likeness (QED) is 0.874. The molecule has 1 unspecified atom stereocenters. The maximum atomic E-state index is 3.68. The fraction of sp³-hybridized carbons (Fsp3) is 0.625. The molecule has 98 valence electrons. The van der Waals surface area contributed by atoms with E-state index in [0.29, 0.717) is 6.04 Å². The lowest BCUT2D eigenvalue weighted by Gasteiger charge is -2.30. The van der Waals surface area contributed by atoms with Crippen LogP contribution in [0.3, 0.4) is 0 Å². The number of hydrogen-bond donors (Lipinski definition) is 1. The van der Waals surface area contributed by atoms with Crippen LogP contribution in [0.2, 0.25) is 0 Å². The Bertz CT molecular complexity index is 371. The van der Waals surface area contributed by atoms with Crippen LogP contribution >= 0.6 is 0 Å². The molecule has 1 heterocycles. The van der Waals surface area contributed by atoms with Crippen LogP contribution < -0.4 is 5.32 Å². The van der Waals surface area contributed by atoms with Crippen molar-refractivity contribution in [3.05, 3.63) is 29.8 Å². The minimum absolute atomic E-state index is 0.614. The molecule has 0 aromatic heterocycles. The van der Waals surface area contributed by atoms with Crippen LogP contribution in [0, 0.1) is 0 Å². The first-order valence-corrected chi connectivity index (χ1v) is 7.45. The van der Waals surface area contributed by atoms with Gasteiger partial charge in [0.25, 0.3) is 0 Å². The monoisotopic (exact) mass is 244 g/mol. The van der Waals surface area contributed by atoms with Crippen LogP contribution in [0.25, 0.3) is 0 Å². The molecule has 18 heavy (non-hydrogen) atoms. The standard InChI is InChI=1S/C16H24N2/c1-2-18(15-8-4-5-9-15)12-14-11-13-7-3-6-10-16(13)17-14/h3,6-7,10,14-15,17H,2,4-5,8-9,11-12H2,1H3. The van der Waals surface area contributed by atoms with Gasteiger partial charge >= 0.3 is 0 Å². The molecule has 1 aliphatic carbocycles. The van der Waals surface area contributed by atoms with Crippen LogP contribution in [0.1, 0.15) is 38.2 Å². The maximum Gasteiger partial charge on any atom is 0.0429 e. The Morgan fingerprint density at radius 3 is 2.72 bits per heavy atom. The summed E-state index contributed by atoms with van der Waals surface area (Å²) >= 11 is 0. The number of anilines is 1. The van der Waals surface area contributed by atoms with Crippen LogP contribution in [0.15, 0.2) is 24.3 Å². The van der Waals surface area contributed by atoms with Gasteiger partial charge in [-0.3, -0.25) is 4.90 Å². The van der Waals surface area contributed by atoms with E-state index in [1.807, 2.05) is 0 Å². The number of likely N-dealkylation sites (N-methyl/N-ethyl adjacent to an activating group) is 1. The average Bonchev–Trinajstić information content (AvgIpc) is 3.04. The van der Waals surface area contributed by atoms with Gasteiger partial charge in [0.1, 0.15) is 0 Å². The molecule has 1 saturated carbocycles. The summed E-state index contributed by atoms with van der Waals surface area (Å²) in [6.45, 7) is 4.70. The molecule has 1 fully saturated rings. The SMILES string of the molecule is CCN(CC1Cc2ccccc2N1)C1CCCC1. The molecule has 3 rings (SSSR count). The highest BCUT2D eigenvalue weighted by Crippen LogP contribution is 2.28. The lowest BCUT2D eigenvalue weighted by atomic mass is 10.1.